The first kappa shape index (κ1) is 27.8. The number of carbonyl (C=O) groups is 2. The summed E-state index contributed by atoms with van der Waals surface area (Å²) in [6.45, 7) is 3.24. The van der Waals surface area contributed by atoms with Crippen molar-refractivity contribution in [3.63, 3.8) is 0 Å². The maximum Gasteiger partial charge on any atom is 0.249 e. The molecule has 4 rings (SSSR count). The fourth-order valence-corrected chi connectivity index (χ4v) is 5.03. The lowest BCUT2D eigenvalue weighted by molar-refractivity contribution is -0.143. The van der Waals surface area contributed by atoms with E-state index in [0.29, 0.717) is 36.2 Å². The lowest BCUT2D eigenvalue weighted by atomic mass is 10.0. The molecule has 0 saturated carbocycles. The molecular weight excluding hydrogens is 500 g/mol. The van der Waals surface area contributed by atoms with E-state index in [1.54, 1.807) is 17.0 Å². The van der Waals surface area contributed by atoms with Crippen molar-refractivity contribution in [2.24, 2.45) is 0 Å². The van der Waals surface area contributed by atoms with E-state index in [0.717, 1.165) is 49.7 Å². The maximum atomic E-state index is 13.6. The van der Waals surface area contributed by atoms with Crippen molar-refractivity contribution in [3.8, 4) is 11.4 Å². The monoisotopic (exact) mass is 536 g/mol. The van der Waals surface area contributed by atoms with E-state index < -0.39 is 0 Å². The number of halogens is 1. The van der Waals surface area contributed by atoms with Gasteiger partial charge >= 0.3 is 0 Å². The number of hydrogen-bond acceptors (Lipinski definition) is 5. The third-order valence-electron chi connectivity index (χ3n) is 7.04. The van der Waals surface area contributed by atoms with Gasteiger partial charge in [-0.2, -0.15) is 4.98 Å². The molecule has 0 aliphatic carbocycles. The van der Waals surface area contributed by atoms with Crippen molar-refractivity contribution in [1.82, 2.24) is 19.9 Å². The molecule has 0 spiro atoms. The zero-order chi connectivity index (χ0) is 26.7. The van der Waals surface area contributed by atoms with Crippen LogP contribution in [0.15, 0.2) is 59.1 Å². The summed E-state index contributed by atoms with van der Waals surface area (Å²) in [6, 6.07) is 16.8. The van der Waals surface area contributed by atoms with Crippen molar-refractivity contribution in [2.45, 2.75) is 77.3 Å². The largest absolute Gasteiger partial charge is 0.337 e. The molecule has 0 N–H and O–H groups in total. The van der Waals surface area contributed by atoms with Crippen LogP contribution in [0.1, 0.15) is 82.2 Å². The van der Waals surface area contributed by atoms with Crippen LogP contribution in [-0.2, 0) is 16.1 Å². The number of rotatable bonds is 12. The molecule has 1 fully saturated rings. The molecule has 0 unspecified atom stereocenters. The minimum Gasteiger partial charge on any atom is -0.337 e. The van der Waals surface area contributed by atoms with E-state index in [-0.39, 0.29) is 24.4 Å². The van der Waals surface area contributed by atoms with Crippen LogP contribution >= 0.6 is 11.6 Å². The number of nitrogens with zero attached hydrogens (tertiary/aromatic N) is 4. The summed E-state index contributed by atoms with van der Waals surface area (Å²) in [5.74, 6) is 0.838. The first-order valence-electron chi connectivity index (χ1n) is 13.8. The molecule has 38 heavy (non-hydrogen) atoms. The Morgan fingerprint density at radius 2 is 1.79 bits per heavy atom. The van der Waals surface area contributed by atoms with Crippen LogP contribution in [0.4, 0.5) is 0 Å². The van der Waals surface area contributed by atoms with Crippen molar-refractivity contribution in [3.05, 3.63) is 71.1 Å². The van der Waals surface area contributed by atoms with Crippen molar-refractivity contribution < 1.29 is 14.1 Å². The summed E-state index contributed by atoms with van der Waals surface area (Å²) in [5.41, 5.74) is 1.82. The molecule has 1 aliphatic heterocycles. The van der Waals surface area contributed by atoms with E-state index in [9.17, 15) is 9.59 Å². The molecule has 2 heterocycles. The number of carbonyl (C=O) groups excluding carboxylic acids is 2. The summed E-state index contributed by atoms with van der Waals surface area (Å²) in [6.07, 6.45) is 8.46. The Kier molecular flexibility index (Phi) is 10.3. The van der Waals surface area contributed by atoms with Gasteiger partial charge in [0.05, 0.1) is 0 Å². The highest BCUT2D eigenvalue weighted by Gasteiger charge is 2.33. The van der Waals surface area contributed by atoms with Crippen LogP contribution in [0.5, 0.6) is 0 Å². The summed E-state index contributed by atoms with van der Waals surface area (Å²) in [7, 11) is 0. The third-order valence-corrected chi connectivity index (χ3v) is 7.29. The quantitative estimate of drug-likeness (QED) is 0.237. The van der Waals surface area contributed by atoms with Gasteiger partial charge in [0.1, 0.15) is 12.6 Å². The molecule has 0 bridgehead atoms. The van der Waals surface area contributed by atoms with E-state index in [4.69, 9.17) is 16.1 Å². The number of piperidine rings is 1. The molecule has 2 amide bonds. The van der Waals surface area contributed by atoms with Gasteiger partial charge in [-0.25, -0.2) is 0 Å². The van der Waals surface area contributed by atoms with E-state index in [2.05, 4.69) is 17.1 Å². The molecule has 7 nitrogen and oxygen atoms in total. The number of amides is 2. The van der Waals surface area contributed by atoms with Crippen LogP contribution in [0.25, 0.3) is 11.4 Å². The average molecular weight is 537 g/mol. The van der Waals surface area contributed by atoms with Gasteiger partial charge in [-0.15, -0.1) is 0 Å². The minimum absolute atomic E-state index is 0.0232. The lowest BCUT2D eigenvalue weighted by Gasteiger charge is -2.35. The molecule has 202 valence electrons. The molecule has 1 aliphatic rings. The van der Waals surface area contributed by atoms with Gasteiger partial charge in [-0.1, -0.05) is 79.7 Å². The Morgan fingerprint density at radius 1 is 1.03 bits per heavy atom. The Labute approximate surface area is 230 Å². The van der Waals surface area contributed by atoms with Gasteiger partial charge in [0.25, 0.3) is 0 Å². The molecule has 8 heteroatoms. The summed E-state index contributed by atoms with van der Waals surface area (Å²) in [4.78, 5) is 35.0. The van der Waals surface area contributed by atoms with Crippen LogP contribution in [0.2, 0.25) is 5.02 Å². The fraction of sp³-hybridized carbons (Fsp3) is 0.467. The average Bonchev–Trinajstić information content (AvgIpc) is 3.43. The molecule has 0 radical (unpaired) electrons. The second-order valence-electron chi connectivity index (χ2n) is 9.96. The van der Waals surface area contributed by atoms with Crippen LogP contribution in [-0.4, -0.2) is 44.8 Å². The van der Waals surface area contributed by atoms with Crippen molar-refractivity contribution >= 4 is 23.4 Å². The maximum absolute atomic E-state index is 13.6. The van der Waals surface area contributed by atoms with Crippen LogP contribution in [0, 0.1) is 0 Å². The smallest absolute Gasteiger partial charge is 0.249 e. The number of aromatic nitrogens is 2. The number of hydrogen-bond donors (Lipinski definition) is 0. The Bertz CT molecular complexity index is 1170. The fourth-order valence-electron chi connectivity index (χ4n) is 4.90. The Hall–Kier alpha value is -3.19. The second-order valence-corrected chi connectivity index (χ2v) is 10.4. The minimum atomic E-state index is -0.299. The van der Waals surface area contributed by atoms with Crippen molar-refractivity contribution in [2.75, 3.05) is 13.1 Å². The van der Waals surface area contributed by atoms with E-state index in [1.807, 2.05) is 47.4 Å². The predicted molar refractivity (Wildman–Crippen MR) is 148 cm³/mol. The summed E-state index contributed by atoms with van der Waals surface area (Å²) in [5, 5.41) is 4.79. The van der Waals surface area contributed by atoms with Gasteiger partial charge in [-0.3, -0.25) is 9.59 Å². The van der Waals surface area contributed by atoms with Gasteiger partial charge in [0, 0.05) is 30.1 Å². The topological polar surface area (TPSA) is 79.5 Å². The first-order valence-corrected chi connectivity index (χ1v) is 14.1. The van der Waals surface area contributed by atoms with Crippen LogP contribution in [0.3, 0.4) is 0 Å². The Morgan fingerprint density at radius 3 is 2.55 bits per heavy atom. The molecular formula is C30H37ClN4O3. The number of unbranched alkanes of at least 4 members (excludes halogenated alkanes) is 4. The second kappa shape index (κ2) is 14.1. The normalized spacial score (nSPS) is 15.4. The Balaban J connectivity index is 1.46. The molecule has 3 aromatic rings. The van der Waals surface area contributed by atoms with E-state index in [1.165, 1.54) is 12.8 Å². The van der Waals surface area contributed by atoms with Crippen LogP contribution < -0.4 is 0 Å². The first-order chi connectivity index (χ1) is 18.5. The molecule has 1 saturated heterocycles. The number of benzene rings is 2. The highest BCUT2D eigenvalue weighted by atomic mass is 35.5. The van der Waals surface area contributed by atoms with Crippen molar-refractivity contribution in [1.29, 1.82) is 0 Å². The van der Waals surface area contributed by atoms with E-state index >= 15 is 0 Å². The SMILES string of the molecule is CCCCCCCC(=O)N(CC(=O)N1CCCC[C@@H]1c1nc(-c2ccc(Cl)cc2)no1)Cc1ccccc1. The summed E-state index contributed by atoms with van der Waals surface area (Å²) < 4.78 is 5.63. The standard InChI is InChI=1S/C30H37ClN4O3/c1-2-3-4-5-9-15-27(36)34(21-23-12-7-6-8-13-23)22-28(37)35-20-11-10-14-26(35)30-32-29(33-38-30)24-16-18-25(31)19-17-24/h6-8,12-13,16-19,26H,2-5,9-11,14-15,20-22H2,1H3/t26-/m1/s1. The van der Waals surface area contributed by atoms with Gasteiger partial charge in [-0.05, 0) is 55.5 Å². The number of likely N-dealkylation sites (tertiary alicyclic amines) is 1. The molecule has 1 aromatic heterocycles. The molecule has 1 atom stereocenters. The highest BCUT2D eigenvalue weighted by Crippen LogP contribution is 2.31. The lowest BCUT2D eigenvalue weighted by Crippen LogP contribution is -2.45. The zero-order valence-electron chi connectivity index (χ0n) is 22.2. The van der Waals surface area contributed by atoms with Gasteiger partial charge < -0.3 is 14.3 Å². The molecule has 2 aromatic carbocycles. The highest BCUT2D eigenvalue weighted by molar-refractivity contribution is 6.30. The zero-order valence-corrected chi connectivity index (χ0v) is 22.9. The predicted octanol–water partition coefficient (Wildman–Crippen LogP) is 6.83. The van der Waals surface area contributed by atoms with Gasteiger partial charge in [0.2, 0.25) is 23.5 Å². The summed E-state index contributed by atoms with van der Waals surface area (Å²) >= 11 is 6.01. The third kappa shape index (κ3) is 7.67. The van der Waals surface area contributed by atoms with Gasteiger partial charge in [0.15, 0.2) is 0 Å².